The van der Waals surface area contributed by atoms with Crippen LogP contribution in [-0.4, -0.2) is 36.5 Å². The lowest BCUT2D eigenvalue weighted by Gasteiger charge is -2.44. The van der Waals surface area contributed by atoms with E-state index in [1.807, 2.05) is 97.9 Å². The van der Waals surface area contributed by atoms with E-state index in [1.165, 1.54) is 0 Å². The Morgan fingerprint density at radius 3 is 2.46 bits per heavy atom. The number of nitriles is 1. The predicted octanol–water partition coefficient (Wildman–Crippen LogP) is 6.56. The maximum absolute atomic E-state index is 14.8. The van der Waals surface area contributed by atoms with Crippen LogP contribution in [0.15, 0.2) is 91.0 Å². The summed E-state index contributed by atoms with van der Waals surface area (Å²) in [6.45, 7) is 4.76. The number of rotatable bonds is 6. The molecule has 0 aliphatic carbocycles. The van der Waals surface area contributed by atoms with E-state index in [0.717, 1.165) is 33.0 Å². The third-order valence-electron chi connectivity index (χ3n) is 7.91. The number of methoxy groups -OCH3 is 1. The van der Waals surface area contributed by atoms with Gasteiger partial charge in [-0.05, 0) is 47.4 Å². The molecule has 0 radical (unpaired) electrons. The molecule has 6 heteroatoms. The molecule has 1 aliphatic rings. The summed E-state index contributed by atoms with van der Waals surface area (Å²) in [4.78, 5) is 16.6. The fourth-order valence-corrected chi connectivity index (χ4v) is 6.32. The molecular formula is C33H32ClN3O2. The van der Waals surface area contributed by atoms with E-state index >= 15 is 0 Å². The summed E-state index contributed by atoms with van der Waals surface area (Å²) in [7, 11) is 1.62. The quantitative estimate of drug-likeness (QED) is 0.223. The molecule has 4 atom stereocenters. The van der Waals surface area contributed by atoms with Gasteiger partial charge in [0.15, 0.2) is 0 Å². The van der Waals surface area contributed by atoms with Crippen molar-refractivity contribution in [3.8, 4) is 11.8 Å². The SMILES string of the molecule is COc1ccccc1[C@H](c1cccc2ccccc12)[C@@](C)(C#N)C(=O)N1CCNC(Cl)C1c1ccccc1C. The summed E-state index contributed by atoms with van der Waals surface area (Å²) in [6.07, 6.45) is 0. The normalized spacial score (nSPS) is 19.6. The van der Waals surface area contributed by atoms with Gasteiger partial charge in [-0.2, -0.15) is 5.26 Å². The van der Waals surface area contributed by atoms with Crippen LogP contribution in [0.1, 0.15) is 41.1 Å². The molecule has 1 aliphatic heterocycles. The van der Waals surface area contributed by atoms with Gasteiger partial charge in [0.2, 0.25) is 5.91 Å². The zero-order valence-electron chi connectivity index (χ0n) is 22.4. The third-order valence-corrected chi connectivity index (χ3v) is 8.30. The second-order valence-corrected chi connectivity index (χ2v) is 10.7. The van der Waals surface area contributed by atoms with Crippen LogP contribution >= 0.6 is 11.6 Å². The smallest absolute Gasteiger partial charge is 0.244 e. The van der Waals surface area contributed by atoms with Gasteiger partial charge in [0.05, 0.1) is 19.2 Å². The summed E-state index contributed by atoms with van der Waals surface area (Å²) in [5, 5.41) is 16.3. The van der Waals surface area contributed by atoms with Crippen molar-refractivity contribution in [2.24, 2.45) is 5.41 Å². The van der Waals surface area contributed by atoms with Crippen molar-refractivity contribution in [1.29, 1.82) is 5.26 Å². The molecular weight excluding hydrogens is 506 g/mol. The van der Waals surface area contributed by atoms with Gasteiger partial charge in [0.1, 0.15) is 16.7 Å². The summed E-state index contributed by atoms with van der Waals surface area (Å²) in [5.41, 5.74) is 1.75. The Morgan fingerprint density at radius 1 is 1.03 bits per heavy atom. The first-order valence-corrected chi connectivity index (χ1v) is 13.6. The van der Waals surface area contributed by atoms with Gasteiger partial charge >= 0.3 is 0 Å². The Kier molecular flexibility index (Phi) is 7.61. The van der Waals surface area contributed by atoms with Gasteiger partial charge < -0.3 is 9.64 Å². The topological polar surface area (TPSA) is 65.4 Å². The molecule has 198 valence electrons. The van der Waals surface area contributed by atoms with Crippen LogP contribution in [0.3, 0.4) is 0 Å². The maximum atomic E-state index is 14.8. The Hall–Kier alpha value is -3.85. The summed E-state index contributed by atoms with van der Waals surface area (Å²) < 4.78 is 5.78. The molecule has 0 spiro atoms. The first-order valence-electron chi connectivity index (χ1n) is 13.2. The van der Waals surface area contributed by atoms with E-state index in [-0.39, 0.29) is 5.91 Å². The van der Waals surface area contributed by atoms with Crippen LogP contribution in [0.2, 0.25) is 0 Å². The molecule has 2 unspecified atom stereocenters. The van der Waals surface area contributed by atoms with Crippen molar-refractivity contribution in [2.45, 2.75) is 31.3 Å². The summed E-state index contributed by atoms with van der Waals surface area (Å²) >= 11 is 6.85. The Balaban J connectivity index is 1.72. The molecule has 5 rings (SSSR count). The molecule has 4 aromatic carbocycles. The van der Waals surface area contributed by atoms with E-state index in [0.29, 0.717) is 18.8 Å². The number of para-hydroxylation sites is 1. The van der Waals surface area contributed by atoms with E-state index in [4.69, 9.17) is 16.3 Å². The first-order chi connectivity index (χ1) is 18.9. The molecule has 0 aromatic heterocycles. The number of aryl methyl sites for hydroxylation is 1. The average Bonchev–Trinajstić information content (AvgIpc) is 2.97. The lowest BCUT2D eigenvalue weighted by molar-refractivity contribution is -0.143. The second kappa shape index (κ2) is 11.1. The average molecular weight is 538 g/mol. The number of benzene rings is 4. The van der Waals surface area contributed by atoms with Crippen LogP contribution in [0.4, 0.5) is 0 Å². The molecule has 1 heterocycles. The van der Waals surface area contributed by atoms with Gasteiger partial charge in [-0.25, -0.2) is 0 Å². The van der Waals surface area contributed by atoms with Gasteiger partial charge in [-0.1, -0.05) is 84.9 Å². The van der Waals surface area contributed by atoms with Crippen LogP contribution in [0, 0.1) is 23.7 Å². The third kappa shape index (κ3) is 4.76. The minimum Gasteiger partial charge on any atom is -0.496 e. The Labute approximate surface area is 235 Å². The minimum atomic E-state index is -1.46. The standard InChI is InChI=1S/C33H32ClN3O2/c1-22-11-4-6-14-24(22)30-31(34)36-19-20-37(30)32(38)33(2,21-35)29(27-16-8-9-18-28(27)39-3)26-17-10-13-23-12-5-7-15-25(23)26/h4-18,29-31,36H,19-20H2,1-3H3/t29-,30?,31?,33+/m0/s1. The summed E-state index contributed by atoms with van der Waals surface area (Å²) in [5.74, 6) is -0.219. The van der Waals surface area contributed by atoms with Gasteiger partial charge in [0, 0.05) is 24.6 Å². The number of carbonyl (C=O) groups excluding carboxylic acids is 1. The van der Waals surface area contributed by atoms with Gasteiger partial charge in [-0.15, -0.1) is 11.6 Å². The molecule has 4 aromatic rings. The van der Waals surface area contributed by atoms with Crippen molar-refractivity contribution in [2.75, 3.05) is 20.2 Å². The molecule has 0 bridgehead atoms. The highest BCUT2D eigenvalue weighted by molar-refractivity contribution is 6.21. The van der Waals surface area contributed by atoms with E-state index in [1.54, 1.807) is 18.9 Å². The molecule has 0 saturated carbocycles. The minimum absolute atomic E-state index is 0.255. The van der Waals surface area contributed by atoms with Crippen molar-refractivity contribution < 1.29 is 9.53 Å². The van der Waals surface area contributed by atoms with Crippen LogP contribution in [0.5, 0.6) is 5.75 Å². The lowest BCUT2D eigenvalue weighted by Crippen LogP contribution is -2.56. The second-order valence-electron chi connectivity index (χ2n) is 10.2. The zero-order chi connectivity index (χ0) is 27.6. The first kappa shape index (κ1) is 26.7. The lowest BCUT2D eigenvalue weighted by atomic mass is 9.68. The van der Waals surface area contributed by atoms with Crippen molar-refractivity contribution in [3.63, 3.8) is 0 Å². The monoisotopic (exact) mass is 537 g/mol. The molecule has 1 N–H and O–H groups in total. The largest absolute Gasteiger partial charge is 0.496 e. The zero-order valence-corrected chi connectivity index (χ0v) is 23.2. The number of amides is 1. The highest BCUT2D eigenvalue weighted by Gasteiger charge is 2.50. The van der Waals surface area contributed by atoms with Crippen molar-refractivity contribution in [1.82, 2.24) is 10.2 Å². The van der Waals surface area contributed by atoms with E-state index in [2.05, 4.69) is 11.4 Å². The predicted molar refractivity (Wildman–Crippen MR) is 156 cm³/mol. The molecule has 39 heavy (non-hydrogen) atoms. The number of halogens is 1. The summed E-state index contributed by atoms with van der Waals surface area (Å²) in [6, 6.07) is 31.8. The number of hydrogen-bond acceptors (Lipinski definition) is 4. The van der Waals surface area contributed by atoms with E-state index in [9.17, 15) is 10.1 Å². The van der Waals surface area contributed by atoms with Crippen LogP contribution < -0.4 is 10.1 Å². The van der Waals surface area contributed by atoms with Crippen molar-refractivity contribution in [3.05, 3.63) is 113 Å². The van der Waals surface area contributed by atoms with Crippen molar-refractivity contribution >= 4 is 28.3 Å². The van der Waals surface area contributed by atoms with Gasteiger partial charge in [0.25, 0.3) is 0 Å². The molecule has 1 amide bonds. The number of alkyl halides is 1. The Morgan fingerprint density at radius 2 is 1.69 bits per heavy atom. The molecule has 5 nitrogen and oxygen atoms in total. The number of fused-ring (bicyclic) bond motifs is 1. The molecule has 1 saturated heterocycles. The highest BCUT2D eigenvalue weighted by atomic mass is 35.5. The number of ether oxygens (including phenoxy) is 1. The number of hydrogen-bond donors (Lipinski definition) is 1. The molecule has 1 fully saturated rings. The van der Waals surface area contributed by atoms with Gasteiger partial charge in [-0.3, -0.25) is 10.1 Å². The fourth-order valence-electron chi connectivity index (χ4n) is 5.93. The number of nitrogens with one attached hydrogen (secondary N) is 1. The fraction of sp³-hybridized carbons (Fsp3) is 0.273. The number of nitrogens with zero attached hydrogens (tertiary/aromatic N) is 2. The highest BCUT2D eigenvalue weighted by Crippen LogP contribution is 2.48. The number of piperazine rings is 1. The van der Waals surface area contributed by atoms with E-state index < -0.39 is 22.9 Å². The number of carbonyl (C=O) groups is 1. The Bertz CT molecular complexity index is 1540. The van der Waals surface area contributed by atoms with Crippen LogP contribution in [0.25, 0.3) is 10.8 Å². The van der Waals surface area contributed by atoms with Crippen LogP contribution in [-0.2, 0) is 4.79 Å². The maximum Gasteiger partial charge on any atom is 0.244 e.